The van der Waals surface area contributed by atoms with E-state index in [1.54, 1.807) is 37.4 Å². The van der Waals surface area contributed by atoms with Crippen LogP contribution in [-0.4, -0.2) is 27.6 Å². The molecule has 6 nitrogen and oxygen atoms in total. The molecule has 28 heavy (non-hydrogen) atoms. The largest absolute Gasteiger partial charge is 0.497 e. The molecule has 0 saturated carbocycles. The predicted octanol–water partition coefficient (Wildman–Crippen LogP) is 4.31. The van der Waals surface area contributed by atoms with Gasteiger partial charge in [0, 0.05) is 0 Å². The van der Waals surface area contributed by atoms with Crippen molar-refractivity contribution in [1.82, 2.24) is 14.5 Å². The highest BCUT2D eigenvalue weighted by molar-refractivity contribution is 7.22. The third kappa shape index (κ3) is 3.38. The molecule has 1 amide bonds. The third-order valence-electron chi connectivity index (χ3n) is 4.05. The lowest BCUT2D eigenvalue weighted by Gasteiger charge is -2.10. The fraction of sp³-hybridized carbons (Fsp3) is 0.167. The van der Waals surface area contributed by atoms with Crippen LogP contribution in [0.1, 0.15) is 5.82 Å². The van der Waals surface area contributed by atoms with Gasteiger partial charge < -0.3 is 14.6 Å². The lowest BCUT2D eigenvalue weighted by molar-refractivity contribution is -0.147. The lowest BCUT2D eigenvalue weighted by Crippen LogP contribution is -2.23. The maximum Gasteiger partial charge on any atom is 0.449 e. The molecule has 4 aromatic rings. The Labute approximate surface area is 160 Å². The molecule has 0 aliphatic carbocycles. The van der Waals surface area contributed by atoms with Crippen molar-refractivity contribution in [3.8, 4) is 5.75 Å². The number of imidazole rings is 1. The number of carbonyl (C=O) groups excluding carboxylic acids is 1. The van der Waals surface area contributed by atoms with E-state index in [0.29, 0.717) is 16.4 Å². The molecule has 2 heterocycles. The second-order valence-electron chi connectivity index (χ2n) is 5.91. The summed E-state index contributed by atoms with van der Waals surface area (Å²) in [5.41, 5.74) is 1.07. The Kier molecular flexibility index (Phi) is 4.42. The zero-order chi connectivity index (χ0) is 19.9. The smallest absolute Gasteiger partial charge is 0.449 e. The van der Waals surface area contributed by atoms with Gasteiger partial charge in [-0.15, -0.1) is 0 Å². The third-order valence-corrected chi connectivity index (χ3v) is 4.99. The summed E-state index contributed by atoms with van der Waals surface area (Å²) in [7, 11) is 1.54. The number of hydrogen-bond acceptors (Lipinski definition) is 5. The number of ether oxygens (including phenoxy) is 1. The van der Waals surface area contributed by atoms with Crippen molar-refractivity contribution in [2.24, 2.45) is 0 Å². The minimum Gasteiger partial charge on any atom is -0.497 e. The number of rotatable bonds is 4. The maximum absolute atomic E-state index is 13.3. The Bertz CT molecular complexity index is 1180. The highest BCUT2D eigenvalue weighted by Gasteiger charge is 2.38. The first-order chi connectivity index (χ1) is 13.3. The quantitative estimate of drug-likeness (QED) is 0.548. The minimum atomic E-state index is -4.67. The summed E-state index contributed by atoms with van der Waals surface area (Å²) in [5.74, 6) is -1.09. The van der Waals surface area contributed by atoms with Gasteiger partial charge in [-0.25, -0.2) is 9.97 Å². The molecule has 144 valence electrons. The van der Waals surface area contributed by atoms with Crippen molar-refractivity contribution >= 4 is 43.6 Å². The standard InChI is InChI=1S/C18H13F3N4O2S/c1-27-10-6-7-12-14(8-10)28-17(23-12)24-15(26)9-25-13-5-3-2-4-11(13)22-16(25)18(19,20)21/h2-8H,9H2,1H3,(H,23,24,26). The number of fused-ring (bicyclic) bond motifs is 2. The molecular weight excluding hydrogens is 393 g/mol. The number of anilines is 1. The van der Waals surface area contributed by atoms with Crippen molar-refractivity contribution in [1.29, 1.82) is 0 Å². The molecule has 0 aliphatic heterocycles. The molecule has 0 fully saturated rings. The Balaban J connectivity index is 1.62. The number of para-hydroxylation sites is 2. The summed E-state index contributed by atoms with van der Waals surface area (Å²) in [6.07, 6.45) is -4.67. The number of thiazole rings is 1. The topological polar surface area (TPSA) is 69.0 Å². The van der Waals surface area contributed by atoms with Gasteiger partial charge in [-0.1, -0.05) is 23.5 Å². The van der Waals surface area contributed by atoms with Crippen LogP contribution in [0.4, 0.5) is 18.3 Å². The van der Waals surface area contributed by atoms with E-state index in [2.05, 4.69) is 15.3 Å². The maximum atomic E-state index is 13.3. The molecule has 0 aliphatic rings. The fourth-order valence-corrected chi connectivity index (χ4v) is 3.75. The number of carbonyl (C=O) groups is 1. The second kappa shape index (κ2) is 6.79. The number of nitrogens with one attached hydrogen (secondary N) is 1. The van der Waals surface area contributed by atoms with E-state index in [1.807, 2.05) is 0 Å². The number of nitrogens with zero attached hydrogens (tertiary/aromatic N) is 3. The average Bonchev–Trinajstić information content (AvgIpc) is 3.21. The van der Waals surface area contributed by atoms with Crippen LogP contribution in [-0.2, 0) is 17.5 Å². The zero-order valence-corrected chi connectivity index (χ0v) is 15.3. The van der Waals surface area contributed by atoms with Crippen LogP contribution in [0.3, 0.4) is 0 Å². The van der Waals surface area contributed by atoms with Crippen molar-refractivity contribution in [2.45, 2.75) is 12.7 Å². The van der Waals surface area contributed by atoms with Gasteiger partial charge in [-0.2, -0.15) is 13.2 Å². The van der Waals surface area contributed by atoms with Gasteiger partial charge >= 0.3 is 6.18 Å². The summed E-state index contributed by atoms with van der Waals surface area (Å²) >= 11 is 1.21. The van der Waals surface area contributed by atoms with Crippen LogP contribution in [0.5, 0.6) is 5.75 Å². The van der Waals surface area contributed by atoms with E-state index in [-0.39, 0.29) is 11.0 Å². The predicted molar refractivity (Wildman–Crippen MR) is 99.5 cm³/mol. The Morgan fingerprint density at radius 2 is 1.96 bits per heavy atom. The van der Waals surface area contributed by atoms with Gasteiger partial charge in [0.15, 0.2) is 5.13 Å². The SMILES string of the molecule is COc1ccc2nc(NC(=O)Cn3c(C(F)(F)F)nc4ccccc43)sc2c1. The van der Waals surface area contributed by atoms with Gasteiger partial charge in [-0.3, -0.25) is 4.79 Å². The normalized spacial score (nSPS) is 11.9. The molecule has 0 saturated heterocycles. The number of alkyl halides is 3. The molecule has 4 rings (SSSR count). The molecule has 0 unspecified atom stereocenters. The van der Waals surface area contributed by atoms with Gasteiger partial charge in [0.25, 0.3) is 0 Å². The summed E-state index contributed by atoms with van der Waals surface area (Å²) < 4.78 is 46.8. The van der Waals surface area contributed by atoms with Crippen LogP contribution in [0.2, 0.25) is 0 Å². The molecule has 0 spiro atoms. The average molecular weight is 406 g/mol. The molecule has 0 atom stereocenters. The first-order valence-electron chi connectivity index (χ1n) is 8.12. The van der Waals surface area contributed by atoms with Crippen LogP contribution in [0.25, 0.3) is 21.3 Å². The van der Waals surface area contributed by atoms with Gasteiger partial charge in [0.05, 0.1) is 28.4 Å². The number of halogens is 3. The van der Waals surface area contributed by atoms with E-state index in [9.17, 15) is 18.0 Å². The first kappa shape index (κ1) is 18.2. The number of benzene rings is 2. The van der Waals surface area contributed by atoms with Crippen molar-refractivity contribution < 1.29 is 22.7 Å². The highest BCUT2D eigenvalue weighted by atomic mass is 32.1. The minimum absolute atomic E-state index is 0.176. The number of amides is 1. The summed E-state index contributed by atoms with van der Waals surface area (Å²) in [6.45, 7) is -0.533. The van der Waals surface area contributed by atoms with E-state index in [1.165, 1.54) is 23.5 Å². The highest BCUT2D eigenvalue weighted by Crippen LogP contribution is 2.32. The summed E-state index contributed by atoms with van der Waals surface area (Å²) in [4.78, 5) is 20.3. The van der Waals surface area contributed by atoms with E-state index < -0.39 is 24.5 Å². The lowest BCUT2D eigenvalue weighted by atomic mass is 10.3. The summed E-state index contributed by atoms with van der Waals surface area (Å²) in [6, 6.07) is 11.4. The molecule has 1 N–H and O–H groups in total. The molecule has 10 heteroatoms. The molecule has 0 radical (unpaired) electrons. The van der Waals surface area contributed by atoms with Gasteiger partial charge in [0.2, 0.25) is 11.7 Å². The van der Waals surface area contributed by atoms with Crippen LogP contribution in [0.15, 0.2) is 42.5 Å². The zero-order valence-electron chi connectivity index (χ0n) is 14.4. The van der Waals surface area contributed by atoms with Crippen molar-refractivity contribution in [3.05, 3.63) is 48.3 Å². The van der Waals surface area contributed by atoms with Crippen LogP contribution in [0, 0.1) is 0 Å². The molecule has 0 bridgehead atoms. The Morgan fingerprint density at radius 1 is 1.18 bits per heavy atom. The van der Waals surface area contributed by atoms with E-state index in [0.717, 1.165) is 9.27 Å². The first-order valence-corrected chi connectivity index (χ1v) is 8.93. The van der Waals surface area contributed by atoms with Crippen molar-refractivity contribution in [2.75, 3.05) is 12.4 Å². The van der Waals surface area contributed by atoms with Crippen molar-refractivity contribution in [3.63, 3.8) is 0 Å². The molecular formula is C18H13F3N4O2S. The number of methoxy groups -OCH3 is 1. The second-order valence-corrected chi connectivity index (χ2v) is 6.94. The van der Waals surface area contributed by atoms with Crippen LogP contribution < -0.4 is 10.1 Å². The molecule has 2 aromatic carbocycles. The fourth-order valence-electron chi connectivity index (χ4n) is 2.84. The number of hydrogen-bond donors (Lipinski definition) is 1. The van der Waals surface area contributed by atoms with Gasteiger partial charge in [-0.05, 0) is 30.3 Å². The Hall–Kier alpha value is -3.14. The Morgan fingerprint density at radius 3 is 2.71 bits per heavy atom. The van der Waals surface area contributed by atoms with E-state index in [4.69, 9.17) is 4.74 Å². The number of aromatic nitrogens is 3. The van der Waals surface area contributed by atoms with Crippen LogP contribution >= 0.6 is 11.3 Å². The summed E-state index contributed by atoms with van der Waals surface area (Å²) in [5, 5.41) is 2.86. The van der Waals surface area contributed by atoms with E-state index >= 15 is 0 Å². The monoisotopic (exact) mass is 406 g/mol. The molecule has 2 aromatic heterocycles. The van der Waals surface area contributed by atoms with Gasteiger partial charge in [0.1, 0.15) is 12.3 Å².